The van der Waals surface area contributed by atoms with Gasteiger partial charge in [0, 0.05) is 11.8 Å². The highest BCUT2D eigenvalue weighted by atomic mass is 35.5. The van der Waals surface area contributed by atoms with E-state index in [0.29, 0.717) is 5.76 Å². The zero-order valence-electron chi connectivity index (χ0n) is 14.9. The number of ether oxygens (including phenoxy) is 1. The number of benzene rings is 2. The third kappa shape index (κ3) is 4.26. The van der Waals surface area contributed by atoms with Gasteiger partial charge in [0.05, 0.1) is 17.8 Å². The van der Waals surface area contributed by atoms with Gasteiger partial charge in [0.25, 0.3) is 15.9 Å². The molecule has 0 spiro atoms. The molecule has 1 heterocycles. The van der Waals surface area contributed by atoms with E-state index in [2.05, 4.69) is 15.2 Å². The molecule has 146 valence electrons. The van der Waals surface area contributed by atoms with Crippen molar-refractivity contribution in [3.63, 3.8) is 0 Å². The van der Waals surface area contributed by atoms with Crippen molar-refractivity contribution in [2.24, 2.45) is 0 Å². The molecule has 1 aromatic heterocycles. The highest BCUT2D eigenvalue weighted by molar-refractivity contribution is 7.92. The van der Waals surface area contributed by atoms with Crippen molar-refractivity contribution >= 4 is 38.9 Å². The molecule has 2 aromatic carbocycles. The van der Waals surface area contributed by atoms with Crippen LogP contribution in [0.15, 0.2) is 57.9 Å². The molecule has 0 saturated carbocycles. The summed E-state index contributed by atoms with van der Waals surface area (Å²) < 4.78 is 38.1. The Kier molecular flexibility index (Phi) is 5.57. The largest absolute Gasteiger partial charge is 0.495 e. The zero-order valence-corrected chi connectivity index (χ0v) is 16.5. The molecule has 0 aliphatic carbocycles. The molecule has 3 rings (SSSR count). The fourth-order valence-electron chi connectivity index (χ4n) is 2.38. The second kappa shape index (κ2) is 7.91. The number of hydrogen-bond donors (Lipinski definition) is 2. The van der Waals surface area contributed by atoms with Crippen LogP contribution in [0.1, 0.15) is 16.2 Å². The van der Waals surface area contributed by atoms with E-state index in [9.17, 15) is 13.2 Å². The minimum absolute atomic E-state index is 0.0758. The third-order valence-electron chi connectivity index (χ3n) is 3.69. The maximum atomic E-state index is 12.9. The summed E-state index contributed by atoms with van der Waals surface area (Å²) in [6.45, 7) is 1.65. The van der Waals surface area contributed by atoms with Crippen molar-refractivity contribution in [1.29, 1.82) is 0 Å². The summed E-state index contributed by atoms with van der Waals surface area (Å²) in [7, 11) is -2.69. The number of rotatable bonds is 6. The fraction of sp³-hybridized carbons (Fsp3) is 0.111. The van der Waals surface area contributed by atoms with Crippen LogP contribution >= 0.6 is 11.6 Å². The van der Waals surface area contributed by atoms with Gasteiger partial charge in [0.2, 0.25) is 0 Å². The lowest BCUT2D eigenvalue weighted by Crippen LogP contribution is -2.16. The Morgan fingerprint density at radius 2 is 1.93 bits per heavy atom. The van der Waals surface area contributed by atoms with E-state index in [1.807, 2.05) is 0 Å². The Balaban J connectivity index is 1.92. The van der Waals surface area contributed by atoms with Crippen molar-refractivity contribution in [3.05, 3.63) is 65.0 Å². The van der Waals surface area contributed by atoms with Crippen molar-refractivity contribution < 1.29 is 22.5 Å². The van der Waals surface area contributed by atoms with E-state index < -0.39 is 15.9 Å². The van der Waals surface area contributed by atoms with Crippen molar-refractivity contribution in [3.8, 4) is 5.75 Å². The number of carbonyl (C=O) groups is 1. The SMILES string of the molecule is COc1ccc(NC(=O)c2cc(C)on2)cc1S(=O)(=O)Nc1ccccc1Cl. The molecule has 0 aliphatic heterocycles. The molecular weight excluding hydrogens is 406 g/mol. The first-order valence-corrected chi connectivity index (χ1v) is 9.86. The summed E-state index contributed by atoms with van der Waals surface area (Å²) in [6.07, 6.45) is 0. The first-order valence-electron chi connectivity index (χ1n) is 8.00. The molecule has 2 N–H and O–H groups in total. The number of amides is 1. The van der Waals surface area contributed by atoms with Crippen LogP contribution in [-0.4, -0.2) is 26.6 Å². The van der Waals surface area contributed by atoms with Crippen LogP contribution in [0.25, 0.3) is 0 Å². The highest BCUT2D eigenvalue weighted by Gasteiger charge is 2.22. The van der Waals surface area contributed by atoms with Gasteiger partial charge in [-0.15, -0.1) is 0 Å². The fourth-order valence-corrected chi connectivity index (χ4v) is 3.89. The van der Waals surface area contributed by atoms with Crippen molar-refractivity contribution in [2.75, 3.05) is 17.1 Å². The molecule has 0 fully saturated rings. The number of hydrogen-bond acceptors (Lipinski definition) is 6. The van der Waals surface area contributed by atoms with Gasteiger partial charge in [-0.2, -0.15) is 0 Å². The number of nitrogens with zero attached hydrogens (tertiary/aromatic N) is 1. The number of halogens is 1. The van der Waals surface area contributed by atoms with Gasteiger partial charge in [-0.25, -0.2) is 8.42 Å². The Labute approximate surface area is 166 Å². The number of nitrogens with one attached hydrogen (secondary N) is 2. The first kappa shape index (κ1) is 19.7. The lowest BCUT2D eigenvalue weighted by molar-refractivity contribution is 0.101. The Hall–Kier alpha value is -3.04. The first-order chi connectivity index (χ1) is 13.3. The summed E-state index contributed by atoms with van der Waals surface area (Å²) in [4.78, 5) is 12.1. The van der Waals surface area contributed by atoms with Crippen LogP contribution in [0.3, 0.4) is 0 Å². The van der Waals surface area contributed by atoms with Gasteiger partial charge in [-0.1, -0.05) is 28.9 Å². The molecule has 0 unspecified atom stereocenters. The van der Waals surface area contributed by atoms with Gasteiger partial charge in [0.15, 0.2) is 5.69 Å². The van der Waals surface area contributed by atoms with Crippen LogP contribution in [0.4, 0.5) is 11.4 Å². The van der Waals surface area contributed by atoms with E-state index in [1.54, 1.807) is 25.1 Å². The number of para-hydroxylation sites is 1. The van der Waals surface area contributed by atoms with Gasteiger partial charge in [-0.05, 0) is 37.3 Å². The van der Waals surface area contributed by atoms with Crippen LogP contribution in [-0.2, 0) is 10.0 Å². The summed E-state index contributed by atoms with van der Waals surface area (Å²) in [5.74, 6) is 0.0475. The maximum absolute atomic E-state index is 12.9. The number of aryl methyl sites for hydroxylation is 1. The lowest BCUT2D eigenvalue weighted by Gasteiger charge is -2.14. The third-order valence-corrected chi connectivity index (χ3v) is 5.41. The monoisotopic (exact) mass is 421 g/mol. The number of sulfonamides is 1. The average Bonchev–Trinajstić information content (AvgIpc) is 3.10. The summed E-state index contributed by atoms with van der Waals surface area (Å²) >= 11 is 6.03. The molecule has 1 amide bonds. The number of methoxy groups -OCH3 is 1. The predicted octanol–water partition coefficient (Wildman–Crippen LogP) is 3.70. The summed E-state index contributed by atoms with van der Waals surface area (Å²) in [6, 6.07) is 12.1. The second-order valence-corrected chi connectivity index (χ2v) is 7.79. The molecule has 0 atom stereocenters. The van der Waals surface area contributed by atoms with Gasteiger partial charge >= 0.3 is 0 Å². The normalized spacial score (nSPS) is 11.1. The summed E-state index contributed by atoms with van der Waals surface area (Å²) in [5.41, 5.74) is 0.539. The minimum atomic E-state index is -4.04. The topological polar surface area (TPSA) is 111 Å². The molecule has 0 bridgehead atoms. The standard InChI is InChI=1S/C18H16ClN3O5S/c1-11-9-15(21-27-11)18(23)20-12-7-8-16(26-2)17(10-12)28(24,25)22-14-6-4-3-5-13(14)19/h3-10,22H,1-2H3,(H,20,23). The van der Waals surface area contributed by atoms with E-state index in [-0.39, 0.29) is 32.7 Å². The molecule has 28 heavy (non-hydrogen) atoms. The quantitative estimate of drug-likeness (QED) is 0.627. The molecule has 0 radical (unpaired) electrons. The Morgan fingerprint density at radius 3 is 2.57 bits per heavy atom. The molecule has 0 saturated heterocycles. The highest BCUT2D eigenvalue weighted by Crippen LogP contribution is 2.31. The molecule has 10 heteroatoms. The maximum Gasteiger partial charge on any atom is 0.277 e. The molecule has 0 aliphatic rings. The van der Waals surface area contributed by atoms with Gasteiger partial charge < -0.3 is 14.6 Å². The number of carbonyl (C=O) groups excluding carboxylic acids is 1. The second-order valence-electron chi connectivity index (χ2n) is 5.73. The van der Waals surface area contributed by atoms with Crippen LogP contribution in [0, 0.1) is 6.92 Å². The predicted molar refractivity (Wildman–Crippen MR) is 104 cm³/mol. The summed E-state index contributed by atoms with van der Waals surface area (Å²) in [5, 5.41) is 6.45. The Morgan fingerprint density at radius 1 is 1.18 bits per heavy atom. The van der Waals surface area contributed by atoms with Gasteiger partial charge in [-0.3, -0.25) is 9.52 Å². The van der Waals surface area contributed by atoms with Gasteiger partial charge in [0.1, 0.15) is 16.4 Å². The van der Waals surface area contributed by atoms with E-state index in [4.69, 9.17) is 20.9 Å². The Bertz CT molecular complexity index is 1130. The van der Waals surface area contributed by atoms with E-state index in [1.165, 1.54) is 37.4 Å². The number of aromatic nitrogens is 1. The van der Waals surface area contributed by atoms with Crippen LogP contribution in [0.5, 0.6) is 5.75 Å². The average molecular weight is 422 g/mol. The zero-order chi connectivity index (χ0) is 20.3. The van der Waals surface area contributed by atoms with Crippen molar-refractivity contribution in [2.45, 2.75) is 11.8 Å². The smallest absolute Gasteiger partial charge is 0.277 e. The number of anilines is 2. The van der Waals surface area contributed by atoms with Crippen molar-refractivity contribution in [1.82, 2.24) is 5.16 Å². The lowest BCUT2D eigenvalue weighted by atomic mass is 10.3. The minimum Gasteiger partial charge on any atom is -0.495 e. The van der Waals surface area contributed by atoms with Crippen LogP contribution < -0.4 is 14.8 Å². The van der Waals surface area contributed by atoms with E-state index in [0.717, 1.165) is 0 Å². The molecular formula is C18H16ClN3O5S. The van der Waals surface area contributed by atoms with Crippen LogP contribution in [0.2, 0.25) is 5.02 Å². The molecule has 8 nitrogen and oxygen atoms in total. The van der Waals surface area contributed by atoms with E-state index >= 15 is 0 Å². The molecule has 3 aromatic rings.